The molecule has 0 atom stereocenters. The number of benzene rings is 1. The van der Waals surface area contributed by atoms with Crippen molar-refractivity contribution in [3.8, 4) is 6.07 Å². The minimum absolute atomic E-state index is 0.511. The van der Waals surface area contributed by atoms with E-state index in [0.29, 0.717) is 11.2 Å². The van der Waals surface area contributed by atoms with Gasteiger partial charge in [-0.2, -0.15) is 5.26 Å². The van der Waals surface area contributed by atoms with Crippen molar-refractivity contribution >= 4 is 11.8 Å². The van der Waals surface area contributed by atoms with Crippen LogP contribution in [0, 0.1) is 17.2 Å². The average molecular weight is 276 g/mol. The van der Waals surface area contributed by atoms with Gasteiger partial charge in [0.25, 0.3) is 0 Å². The number of nitrogens with zero attached hydrogens (tertiary/aromatic N) is 1. The molecule has 0 spiro atoms. The molecule has 1 aromatic rings. The maximum Gasteiger partial charge on any atom is 0.100 e. The molecule has 0 radical (unpaired) electrons. The van der Waals surface area contributed by atoms with Gasteiger partial charge in [0.1, 0.15) is 6.07 Å². The Morgan fingerprint density at radius 2 is 2.26 bits per heavy atom. The highest BCUT2D eigenvalue weighted by molar-refractivity contribution is 8.00. The normalized spacial score (nSPS) is 15.3. The molecule has 0 saturated carbocycles. The van der Waals surface area contributed by atoms with Crippen LogP contribution in [0.3, 0.4) is 0 Å². The molecule has 0 bridgehead atoms. The zero-order chi connectivity index (χ0) is 13.7. The summed E-state index contributed by atoms with van der Waals surface area (Å²) >= 11 is 1.75. The van der Waals surface area contributed by atoms with E-state index in [0.717, 1.165) is 36.8 Å². The zero-order valence-electron chi connectivity index (χ0n) is 11.5. The van der Waals surface area contributed by atoms with Crippen molar-refractivity contribution < 1.29 is 4.74 Å². The van der Waals surface area contributed by atoms with Crippen LogP contribution in [0.1, 0.15) is 25.0 Å². The highest BCUT2D eigenvalue weighted by Gasteiger charge is 2.20. The minimum Gasteiger partial charge on any atom is -0.379 e. The van der Waals surface area contributed by atoms with Crippen LogP contribution < -0.4 is 5.32 Å². The van der Waals surface area contributed by atoms with Crippen molar-refractivity contribution in [3.63, 3.8) is 0 Å². The smallest absolute Gasteiger partial charge is 0.100 e. The number of thioether (sulfide) groups is 1. The first-order chi connectivity index (χ1) is 9.19. The van der Waals surface area contributed by atoms with Gasteiger partial charge in [0, 0.05) is 11.4 Å². The van der Waals surface area contributed by atoms with E-state index in [1.807, 2.05) is 6.07 Å². The van der Waals surface area contributed by atoms with Gasteiger partial charge in [-0.15, -0.1) is 11.8 Å². The Bertz CT molecular complexity index is 464. The minimum atomic E-state index is 0.511. The summed E-state index contributed by atoms with van der Waals surface area (Å²) in [6, 6.07) is 8.47. The molecule has 0 amide bonds. The molecule has 1 heterocycles. The van der Waals surface area contributed by atoms with Gasteiger partial charge in [-0.25, -0.2) is 0 Å². The Hall–Kier alpha value is -1.02. The van der Waals surface area contributed by atoms with Gasteiger partial charge in [0.05, 0.1) is 24.0 Å². The van der Waals surface area contributed by atoms with E-state index in [9.17, 15) is 5.26 Å². The van der Waals surface area contributed by atoms with Crippen molar-refractivity contribution in [2.45, 2.75) is 30.5 Å². The third-order valence-corrected chi connectivity index (χ3v) is 4.16. The van der Waals surface area contributed by atoms with Gasteiger partial charge < -0.3 is 10.1 Å². The van der Waals surface area contributed by atoms with Gasteiger partial charge >= 0.3 is 0 Å². The summed E-state index contributed by atoms with van der Waals surface area (Å²) in [5, 5.41) is 13.2. The molecule has 102 valence electrons. The van der Waals surface area contributed by atoms with Crippen molar-refractivity contribution in [1.82, 2.24) is 5.32 Å². The van der Waals surface area contributed by atoms with Crippen LogP contribution in [-0.4, -0.2) is 25.0 Å². The van der Waals surface area contributed by atoms with Gasteiger partial charge in [-0.05, 0) is 30.2 Å². The van der Waals surface area contributed by atoms with Crippen LogP contribution >= 0.6 is 11.8 Å². The predicted octanol–water partition coefficient (Wildman–Crippen LogP) is 2.79. The van der Waals surface area contributed by atoms with E-state index in [4.69, 9.17) is 4.74 Å². The Morgan fingerprint density at radius 1 is 1.47 bits per heavy atom. The standard InChI is InChI=1S/C15H20N2OS/c1-11(2)7-17-8-12-3-4-15(13(5-12)6-16)19-14-9-18-10-14/h3-5,11,14,17H,7-10H2,1-2H3. The van der Waals surface area contributed by atoms with E-state index < -0.39 is 0 Å². The first-order valence-corrected chi connectivity index (χ1v) is 7.55. The Labute approximate surface area is 119 Å². The molecule has 4 heteroatoms. The van der Waals surface area contributed by atoms with Crippen molar-refractivity contribution in [3.05, 3.63) is 29.3 Å². The topological polar surface area (TPSA) is 45.0 Å². The van der Waals surface area contributed by atoms with Crippen LogP contribution in [0.15, 0.2) is 23.1 Å². The zero-order valence-corrected chi connectivity index (χ0v) is 12.3. The maximum atomic E-state index is 9.25. The second kappa shape index (κ2) is 6.95. The molecule has 1 aliphatic heterocycles. The average Bonchev–Trinajstić information content (AvgIpc) is 2.34. The molecule has 1 saturated heterocycles. The molecule has 0 unspecified atom stereocenters. The second-order valence-corrected chi connectivity index (χ2v) is 6.59. The molecule has 19 heavy (non-hydrogen) atoms. The lowest BCUT2D eigenvalue weighted by molar-refractivity contribution is 0.0455. The Balaban J connectivity index is 1.97. The first kappa shape index (κ1) is 14.4. The van der Waals surface area contributed by atoms with Crippen LogP contribution in [0.25, 0.3) is 0 Å². The van der Waals surface area contributed by atoms with Gasteiger partial charge in [-0.3, -0.25) is 0 Å². The third kappa shape index (κ3) is 4.24. The number of hydrogen-bond donors (Lipinski definition) is 1. The van der Waals surface area contributed by atoms with E-state index >= 15 is 0 Å². The summed E-state index contributed by atoms with van der Waals surface area (Å²) in [4.78, 5) is 1.07. The van der Waals surface area contributed by atoms with Gasteiger partial charge in [0.15, 0.2) is 0 Å². The van der Waals surface area contributed by atoms with Crippen LogP contribution in [0.4, 0.5) is 0 Å². The highest BCUT2D eigenvalue weighted by atomic mass is 32.2. The number of ether oxygens (including phenoxy) is 1. The van der Waals surface area contributed by atoms with Crippen molar-refractivity contribution in [2.24, 2.45) is 5.92 Å². The fraction of sp³-hybridized carbons (Fsp3) is 0.533. The second-order valence-electron chi connectivity index (χ2n) is 5.24. The van der Waals surface area contributed by atoms with E-state index in [2.05, 4.69) is 37.4 Å². The molecular formula is C15H20N2OS. The molecule has 1 fully saturated rings. The number of rotatable bonds is 6. The summed E-state index contributed by atoms with van der Waals surface area (Å²) < 4.78 is 5.17. The van der Waals surface area contributed by atoms with Crippen molar-refractivity contribution in [2.75, 3.05) is 19.8 Å². The van der Waals surface area contributed by atoms with Crippen molar-refractivity contribution in [1.29, 1.82) is 5.26 Å². The van der Waals surface area contributed by atoms with E-state index in [1.165, 1.54) is 5.56 Å². The molecule has 3 nitrogen and oxygen atoms in total. The number of nitrogens with one attached hydrogen (secondary N) is 1. The van der Waals surface area contributed by atoms with E-state index in [-0.39, 0.29) is 0 Å². The molecule has 0 aromatic heterocycles. The van der Waals surface area contributed by atoms with Crippen LogP contribution in [0.5, 0.6) is 0 Å². The predicted molar refractivity (Wildman–Crippen MR) is 78.2 cm³/mol. The highest BCUT2D eigenvalue weighted by Crippen LogP contribution is 2.30. The van der Waals surface area contributed by atoms with Gasteiger partial charge in [-0.1, -0.05) is 19.9 Å². The third-order valence-electron chi connectivity index (χ3n) is 2.95. The fourth-order valence-electron chi connectivity index (χ4n) is 1.84. The monoisotopic (exact) mass is 276 g/mol. The molecule has 1 aliphatic rings. The molecule has 1 N–H and O–H groups in total. The summed E-state index contributed by atoms with van der Waals surface area (Å²) in [5.74, 6) is 0.642. The molecule has 0 aliphatic carbocycles. The molecule has 2 rings (SSSR count). The maximum absolute atomic E-state index is 9.25. The summed E-state index contributed by atoms with van der Waals surface area (Å²) in [6.07, 6.45) is 0. The SMILES string of the molecule is CC(C)CNCc1ccc(SC2COC2)c(C#N)c1. The van der Waals surface area contributed by atoms with E-state index in [1.54, 1.807) is 11.8 Å². The summed E-state index contributed by atoms with van der Waals surface area (Å²) in [5.41, 5.74) is 1.95. The quantitative estimate of drug-likeness (QED) is 0.868. The summed E-state index contributed by atoms with van der Waals surface area (Å²) in [6.45, 7) is 7.80. The van der Waals surface area contributed by atoms with Crippen LogP contribution in [-0.2, 0) is 11.3 Å². The molecular weight excluding hydrogens is 256 g/mol. The lowest BCUT2D eigenvalue weighted by atomic mass is 10.1. The lowest BCUT2D eigenvalue weighted by Crippen LogP contribution is -2.30. The number of hydrogen-bond acceptors (Lipinski definition) is 4. The number of nitriles is 1. The van der Waals surface area contributed by atoms with Gasteiger partial charge in [0.2, 0.25) is 0 Å². The Kier molecular flexibility index (Phi) is 5.26. The van der Waals surface area contributed by atoms with Crippen LogP contribution in [0.2, 0.25) is 0 Å². The largest absolute Gasteiger partial charge is 0.379 e. The molecule has 1 aromatic carbocycles. The Morgan fingerprint density at radius 3 is 2.84 bits per heavy atom. The lowest BCUT2D eigenvalue weighted by Gasteiger charge is -2.25. The summed E-state index contributed by atoms with van der Waals surface area (Å²) in [7, 11) is 0. The fourth-order valence-corrected chi connectivity index (χ4v) is 2.91. The first-order valence-electron chi connectivity index (χ1n) is 6.67.